The molecule has 0 bridgehead atoms. The highest BCUT2D eigenvalue weighted by Gasteiger charge is 2.21. The average Bonchev–Trinajstić information content (AvgIpc) is 2.25. The maximum absolute atomic E-state index is 9.25. The van der Waals surface area contributed by atoms with E-state index in [1.807, 2.05) is 0 Å². The van der Waals surface area contributed by atoms with Crippen LogP contribution >= 0.6 is 0 Å². The number of aliphatic hydroxyl groups excluding tert-OH is 1. The Morgan fingerprint density at radius 3 is 1.61 bits per heavy atom. The molecule has 0 radical (unpaired) electrons. The van der Waals surface area contributed by atoms with Crippen LogP contribution in [0.15, 0.2) is 18.2 Å². The van der Waals surface area contributed by atoms with E-state index in [0.717, 1.165) is 5.56 Å². The Hall–Kier alpha value is -0.860. The summed E-state index contributed by atoms with van der Waals surface area (Å²) in [5, 5.41) is 9.25. The Bertz CT molecular complexity index is 378. The zero-order chi connectivity index (χ0) is 14.1. The first-order valence-electron chi connectivity index (χ1n) is 6.58. The maximum atomic E-state index is 9.25. The lowest BCUT2D eigenvalue weighted by atomic mass is 9.79. The highest BCUT2D eigenvalue weighted by molar-refractivity contribution is 5.38. The van der Waals surface area contributed by atoms with Crippen LogP contribution in [0.5, 0.6) is 0 Å². The van der Waals surface area contributed by atoms with Gasteiger partial charge in [0.1, 0.15) is 0 Å². The second-order valence-electron chi connectivity index (χ2n) is 7.13. The van der Waals surface area contributed by atoms with Crippen molar-refractivity contribution in [3.8, 4) is 0 Å². The van der Waals surface area contributed by atoms with Gasteiger partial charge in [0.05, 0.1) is 12.6 Å². The van der Waals surface area contributed by atoms with Gasteiger partial charge < -0.3 is 10.8 Å². The smallest absolute Gasteiger partial charge is 0.0624 e. The van der Waals surface area contributed by atoms with Crippen molar-refractivity contribution in [2.45, 2.75) is 58.4 Å². The van der Waals surface area contributed by atoms with E-state index >= 15 is 0 Å². The van der Waals surface area contributed by atoms with Crippen LogP contribution in [0, 0.1) is 0 Å². The van der Waals surface area contributed by atoms with Crippen molar-refractivity contribution in [3.63, 3.8) is 0 Å². The molecule has 0 saturated heterocycles. The molecular formula is C16H27NO. The predicted molar refractivity (Wildman–Crippen MR) is 77.9 cm³/mol. The van der Waals surface area contributed by atoms with Crippen molar-refractivity contribution in [2.75, 3.05) is 6.61 Å². The summed E-state index contributed by atoms with van der Waals surface area (Å²) in [5.41, 5.74) is 9.71. The normalized spacial score (nSPS) is 14.7. The summed E-state index contributed by atoms with van der Waals surface area (Å²) in [6.07, 6.45) is 0. The summed E-state index contributed by atoms with van der Waals surface area (Å²) in [5.74, 6) is 0. The first-order valence-corrected chi connectivity index (χ1v) is 6.58. The van der Waals surface area contributed by atoms with Gasteiger partial charge in [-0.2, -0.15) is 0 Å². The van der Waals surface area contributed by atoms with Gasteiger partial charge in [0.25, 0.3) is 0 Å². The Kier molecular flexibility index (Phi) is 4.24. The summed E-state index contributed by atoms with van der Waals surface area (Å²) < 4.78 is 0. The van der Waals surface area contributed by atoms with Crippen LogP contribution in [0.25, 0.3) is 0 Å². The Balaban J connectivity index is 3.39. The largest absolute Gasteiger partial charge is 0.394 e. The number of hydrogen-bond acceptors (Lipinski definition) is 2. The first-order chi connectivity index (χ1) is 8.05. The SMILES string of the molecule is CC(C)(C)c1cc(C(N)CO)cc(C(C)(C)C)c1. The average molecular weight is 249 g/mol. The van der Waals surface area contributed by atoms with Crippen LogP contribution in [0.4, 0.5) is 0 Å². The van der Waals surface area contributed by atoms with Gasteiger partial charge >= 0.3 is 0 Å². The maximum Gasteiger partial charge on any atom is 0.0624 e. The molecule has 0 heterocycles. The van der Waals surface area contributed by atoms with E-state index in [4.69, 9.17) is 5.73 Å². The molecule has 2 heteroatoms. The highest BCUT2D eigenvalue weighted by Crippen LogP contribution is 2.31. The highest BCUT2D eigenvalue weighted by atomic mass is 16.3. The molecule has 0 fully saturated rings. The zero-order valence-electron chi connectivity index (χ0n) is 12.5. The van der Waals surface area contributed by atoms with E-state index in [2.05, 4.69) is 59.7 Å². The second kappa shape index (κ2) is 5.02. The molecule has 2 nitrogen and oxygen atoms in total. The molecule has 1 aromatic carbocycles. The minimum Gasteiger partial charge on any atom is -0.394 e. The lowest BCUT2D eigenvalue weighted by molar-refractivity contribution is 0.267. The van der Waals surface area contributed by atoms with Crippen molar-refractivity contribution in [1.29, 1.82) is 0 Å². The van der Waals surface area contributed by atoms with Crippen molar-refractivity contribution < 1.29 is 5.11 Å². The quantitative estimate of drug-likeness (QED) is 0.845. The van der Waals surface area contributed by atoms with Gasteiger partial charge in [0.15, 0.2) is 0 Å². The number of benzene rings is 1. The molecule has 102 valence electrons. The molecule has 0 aliphatic heterocycles. The van der Waals surface area contributed by atoms with Crippen molar-refractivity contribution in [2.24, 2.45) is 5.73 Å². The van der Waals surface area contributed by atoms with Crippen LogP contribution in [0.3, 0.4) is 0 Å². The van der Waals surface area contributed by atoms with Gasteiger partial charge in [-0.05, 0) is 27.5 Å². The summed E-state index contributed by atoms with van der Waals surface area (Å²) in [7, 11) is 0. The van der Waals surface area contributed by atoms with Crippen molar-refractivity contribution in [1.82, 2.24) is 0 Å². The summed E-state index contributed by atoms with van der Waals surface area (Å²) in [6, 6.07) is 6.20. The van der Waals surface area contributed by atoms with E-state index < -0.39 is 0 Å². The summed E-state index contributed by atoms with van der Waals surface area (Å²) in [6.45, 7) is 13.2. The zero-order valence-corrected chi connectivity index (χ0v) is 12.5. The third-order valence-corrected chi connectivity index (χ3v) is 3.31. The van der Waals surface area contributed by atoms with E-state index in [-0.39, 0.29) is 23.5 Å². The van der Waals surface area contributed by atoms with E-state index in [1.54, 1.807) is 0 Å². The van der Waals surface area contributed by atoms with Gasteiger partial charge in [-0.25, -0.2) is 0 Å². The summed E-state index contributed by atoms with van der Waals surface area (Å²) in [4.78, 5) is 0. The molecule has 1 atom stereocenters. The molecule has 18 heavy (non-hydrogen) atoms. The Labute approximate surface area is 111 Å². The van der Waals surface area contributed by atoms with E-state index in [1.165, 1.54) is 11.1 Å². The number of aliphatic hydroxyl groups is 1. The van der Waals surface area contributed by atoms with Crippen LogP contribution < -0.4 is 5.73 Å². The third-order valence-electron chi connectivity index (χ3n) is 3.31. The topological polar surface area (TPSA) is 46.2 Å². The molecule has 1 rings (SSSR count). The van der Waals surface area contributed by atoms with E-state index in [0.29, 0.717) is 0 Å². The molecule has 0 aromatic heterocycles. The van der Waals surface area contributed by atoms with Gasteiger partial charge in [-0.3, -0.25) is 0 Å². The second-order valence-corrected chi connectivity index (χ2v) is 7.13. The number of rotatable bonds is 2. The van der Waals surface area contributed by atoms with Gasteiger partial charge in [-0.1, -0.05) is 59.7 Å². The predicted octanol–water partition coefficient (Wildman–Crippen LogP) is 3.27. The van der Waals surface area contributed by atoms with Crippen LogP contribution in [-0.2, 0) is 10.8 Å². The monoisotopic (exact) mass is 249 g/mol. The van der Waals surface area contributed by atoms with Crippen LogP contribution in [0.1, 0.15) is 64.3 Å². The van der Waals surface area contributed by atoms with Crippen molar-refractivity contribution in [3.05, 3.63) is 34.9 Å². The fraction of sp³-hybridized carbons (Fsp3) is 0.625. The van der Waals surface area contributed by atoms with Crippen molar-refractivity contribution >= 4 is 0 Å². The van der Waals surface area contributed by atoms with Gasteiger partial charge in [0.2, 0.25) is 0 Å². The minimum atomic E-state index is -0.298. The molecule has 0 aliphatic rings. The molecule has 3 N–H and O–H groups in total. The Morgan fingerprint density at radius 1 is 0.944 bits per heavy atom. The lowest BCUT2D eigenvalue weighted by Gasteiger charge is -2.27. The number of hydrogen-bond donors (Lipinski definition) is 2. The fourth-order valence-corrected chi connectivity index (χ4v) is 1.84. The molecule has 0 aliphatic carbocycles. The standard InChI is InChI=1S/C16H27NO/c1-15(2,3)12-7-11(14(17)10-18)8-13(9-12)16(4,5)6/h7-9,14,18H,10,17H2,1-6H3. The first kappa shape index (κ1) is 15.2. The lowest BCUT2D eigenvalue weighted by Crippen LogP contribution is -2.20. The van der Waals surface area contributed by atoms with Crippen LogP contribution in [0.2, 0.25) is 0 Å². The van der Waals surface area contributed by atoms with E-state index in [9.17, 15) is 5.11 Å². The third kappa shape index (κ3) is 3.56. The van der Waals surface area contributed by atoms with Gasteiger partial charge in [-0.15, -0.1) is 0 Å². The van der Waals surface area contributed by atoms with Crippen LogP contribution in [-0.4, -0.2) is 11.7 Å². The molecular weight excluding hydrogens is 222 g/mol. The molecule has 0 amide bonds. The number of nitrogens with two attached hydrogens (primary N) is 1. The summed E-state index contributed by atoms with van der Waals surface area (Å²) >= 11 is 0. The molecule has 1 unspecified atom stereocenters. The minimum absolute atomic E-state index is 0.0167. The molecule has 0 spiro atoms. The fourth-order valence-electron chi connectivity index (χ4n) is 1.84. The van der Waals surface area contributed by atoms with Gasteiger partial charge in [0, 0.05) is 0 Å². The molecule has 1 aromatic rings. The Morgan fingerprint density at radius 2 is 1.33 bits per heavy atom. The molecule has 0 saturated carbocycles.